The van der Waals surface area contributed by atoms with E-state index < -0.39 is 0 Å². The third-order valence-electron chi connectivity index (χ3n) is 2.31. The lowest BCUT2D eigenvalue weighted by molar-refractivity contribution is 0.0683. The van der Waals surface area contributed by atoms with Crippen molar-refractivity contribution in [1.29, 1.82) is 0 Å². The van der Waals surface area contributed by atoms with Crippen molar-refractivity contribution in [3.05, 3.63) is 11.7 Å². The van der Waals surface area contributed by atoms with Crippen molar-refractivity contribution in [2.24, 2.45) is 5.73 Å². The Morgan fingerprint density at radius 3 is 2.73 bits per heavy atom. The second-order valence-electron chi connectivity index (χ2n) is 4.14. The van der Waals surface area contributed by atoms with E-state index in [4.69, 9.17) is 15.0 Å². The number of nitrogens with zero attached hydrogens (tertiary/aromatic N) is 2. The van der Waals surface area contributed by atoms with E-state index in [0.717, 1.165) is 0 Å². The molecule has 0 amide bonds. The lowest BCUT2D eigenvalue weighted by atomic mass is 9.94. The number of hydrogen-bond donors (Lipinski definition) is 1. The van der Waals surface area contributed by atoms with Crippen LogP contribution in [0.4, 0.5) is 0 Å². The maximum Gasteiger partial charge on any atom is 0.233 e. The predicted molar refractivity (Wildman–Crippen MR) is 56.4 cm³/mol. The first-order valence-corrected chi connectivity index (χ1v) is 5.17. The zero-order valence-corrected chi connectivity index (χ0v) is 9.78. The normalized spacial score (nSPS) is 14.2. The third-order valence-corrected chi connectivity index (χ3v) is 2.31. The Morgan fingerprint density at radius 1 is 1.53 bits per heavy atom. The largest absolute Gasteiger partial charge is 0.371 e. The van der Waals surface area contributed by atoms with Crippen LogP contribution < -0.4 is 5.73 Å². The molecule has 1 atom stereocenters. The summed E-state index contributed by atoms with van der Waals surface area (Å²) in [7, 11) is 0. The highest BCUT2D eigenvalue weighted by Crippen LogP contribution is 2.22. The Morgan fingerprint density at radius 2 is 2.20 bits per heavy atom. The average molecular weight is 213 g/mol. The first kappa shape index (κ1) is 12.1. The van der Waals surface area contributed by atoms with Crippen molar-refractivity contribution < 1.29 is 9.26 Å². The molecule has 1 unspecified atom stereocenters. The lowest BCUT2D eigenvalue weighted by Gasteiger charge is -2.15. The highest BCUT2D eigenvalue weighted by Gasteiger charge is 2.27. The minimum Gasteiger partial charge on any atom is -0.371 e. The molecular formula is C10H19N3O2. The summed E-state index contributed by atoms with van der Waals surface area (Å²) in [5, 5.41) is 3.88. The van der Waals surface area contributed by atoms with Gasteiger partial charge in [0.25, 0.3) is 0 Å². The third kappa shape index (κ3) is 2.76. The van der Waals surface area contributed by atoms with Gasteiger partial charge in [-0.3, -0.25) is 0 Å². The molecule has 15 heavy (non-hydrogen) atoms. The highest BCUT2D eigenvalue weighted by molar-refractivity contribution is 5.02. The summed E-state index contributed by atoms with van der Waals surface area (Å²) in [6, 6.07) is 0. The molecule has 5 heteroatoms. The van der Waals surface area contributed by atoms with Gasteiger partial charge < -0.3 is 15.0 Å². The smallest absolute Gasteiger partial charge is 0.233 e. The molecule has 1 aromatic heterocycles. The molecule has 1 heterocycles. The van der Waals surface area contributed by atoms with Gasteiger partial charge in [-0.15, -0.1) is 0 Å². The van der Waals surface area contributed by atoms with Gasteiger partial charge in [-0.25, -0.2) is 0 Å². The second kappa shape index (κ2) is 4.72. The van der Waals surface area contributed by atoms with Gasteiger partial charge in [0, 0.05) is 13.2 Å². The fraction of sp³-hybridized carbons (Fsp3) is 0.800. The molecule has 0 aromatic carbocycles. The number of hydrogen-bond acceptors (Lipinski definition) is 5. The summed E-state index contributed by atoms with van der Waals surface area (Å²) in [5.41, 5.74) is 5.34. The van der Waals surface area contributed by atoms with E-state index in [-0.39, 0.29) is 11.5 Å². The van der Waals surface area contributed by atoms with Crippen LogP contribution in [0, 0.1) is 0 Å². The number of rotatable bonds is 5. The molecule has 0 radical (unpaired) electrons. The summed E-state index contributed by atoms with van der Waals surface area (Å²) in [6.45, 7) is 8.86. The number of aromatic nitrogens is 2. The van der Waals surface area contributed by atoms with Gasteiger partial charge >= 0.3 is 0 Å². The van der Waals surface area contributed by atoms with Crippen molar-refractivity contribution in [1.82, 2.24) is 10.1 Å². The van der Waals surface area contributed by atoms with E-state index in [9.17, 15) is 0 Å². The molecule has 0 bridgehead atoms. The zero-order chi connectivity index (χ0) is 11.5. The van der Waals surface area contributed by atoms with Crippen LogP contribution in [0.1, 0.15) is 45.5 Å². The number of ether oxygens (including phenoxy) is 1. The molecule has 1 aromatic rings. The van der Waals surface area contributed by atoms with E-state index in [1.807, 2.05) is 27.7 Å². The molecule has 0 saturated carbocycles. The summed E-state index contributed by atoms with van der Waals surface area (Å²) in [4.78, 5) is 4.29. The zero-order valence-electron chi connectivity index (χ0n) is 9.78. The Hall–Kier alpha value is -0.940. The van der Waals surface area contributed by atoms with Crippen LogP contribution in [0.3, 0.4) is 0 Å². The minimum atomic E-state index is -0.281. The molecule has 5 nitrogen and oxygen atoms in total. The van der Waals surface area contributed by atoms with Crippen LogP contribution in [0.2, 0.25) is 0 Å². The van der Waals surface area contributed by atoms with E-state index in [1.54, 1.807) is 0 Å². The summed E-state index contributed by atoms with van der Waals surface area (Å²) in [6.07, 6.45) is -0.138. The van der Waals surface area contributed by atoms with Crippen molar-refractivity contribution in [2.75, 3.05) is 13.2 Å². The standard InChI is InChI=1S/C10H19N3O2/c1-5-14-7(2)8-12-9(15-13-8)10(3,4)6-11/h7H,5-6,11H2,1-4H3. The van der Waals surface area contributed by atoms with Crippen LogP contribution in [0.15, 0.2) is 4.52 Å². The van der Waals surface area contributed by atoms with Crippen molar-refractivity contribution in [3.63, 3.8) is 0 Å². The van der Waals surface area contributed by atoms with Crippen LogP contribution in [0.5, 0.6) is 0 Å². The maximum atomic E-state index is 5.62. The van der Waals surface area contributed by atoms with Gasteiger partial charge in [-0.1, -0.05) is 5.16 Å². The monoisotopic (exact) mass is 213 g/mol. The van der Waals surface area contributed by atoms with Gasteiger partial charge in [-0.05, 0) is 27.7 Å². The Kier molecular flexibility index (Phi) is 3.82. The molecule has 0 aliphatic rings. The quantitative estimate of drug-likeness (QED) is 0.800. The van der Waals surface area contributed by atoms with Gasteiger partial charge in [0.1, 0.15) is 6.10 Å². The van der Waals surface area contributed by atoms with Crippen LogP contribution >= 0.6 is 0 Å². The van der Waals surface area contributed by atoms with Gasteiger partial charge in [0.15, 0.2) is 5.82 Å². The topological polar surface area (TPSA) is 74.2 Å². The van der Waals surface area contributed by atoms with Crippen molar-refractivity contribution in [2.45, 2.75) is 39.2 Å². The van der Waals surface area contributed by atoms with E-state index in [2.05, 4.69) is 10.1 Å². The number of nitrogens with two attached hydrogens (primary N) is 1. The first-order valence-electron chi connectivity index (χ1n) is 5.17. The van der Waals surface area contributed by atoms with Crippen molar-refractivity contribution in [3.8, 4) is 0 Å². The molecule has 0 aliphatic heterocycles. The van der Waals surface area contributed by atoms with E-state index >= 15 is 0 Å². The van der Waals surface area contributed by atoms with Gasteiger partial charge in [0.05, 0.1) is 5.41 Å². The molecule has 2 N–H and O–H groups in total. The van der Waals surface area contributed by atoms with Crippen LogP contribution in [-0.2, 0) is 10.2 Å². The summed E-state index contributed by atoms with van der Waals surface area (Å²) < 4.78 is 10.5. The molecule has 1 rings (SSSR count). The maximum absolute atomic E-state index is 5.62. The molecule has 0 aliphatic carbocycles. The Bertz CT molecular complexity index is 309. The fourth-order valence-corrected chi connectivity index (χ4v) is 1.09. The van der Waals surface area contributed by atoms with Crippen LogP contribution in [0.25, 0.3) is 0 Å². The highest BCUT2D eigenvalue weighted by atomic mass is 16.5. The fourth-order valence-electron chi connectivity index (χ4n) is 1.09. The molecule has 0 saturated heterocycles. The van der Waals surface area contributed by atoms with Gasteiger partial charge in [-0.2, -0.15) is 4.98 Å². The summed E-state index contributed by atoms with van der Waals surface area (Å²) in [5.74, 6) is 1.14. The Balaban J connectivity index is 2.80. The minimum absolute atomic E-state index is 0.138. The van der Waals surface area contributed by atoms with Crippen LogP contribution in [-0.4, -0.2) is 23.3 Å². The van der Waals surface area contributed by atoms with E-state index in [0.29, 0.717) is 24.9 Å². The molecular weight excluding hydrogens is 194 g/mol. The predicted octanol–water partition coefficient (Wildman–Crippen LogP) is 1.40. The molecule has 0 fully saturated rings. The molecule has 86 valence electrons. The molecule has 0 spiro atoms. The second-order valence-corrected chi connectivity index (χ2v) is 4.14. The Labute approximate surface area is 90.0 Å². The average Bonchev–Trinajstić information content (AvgIpc) is 2.67. The first-order chi connectivity index (χ1) is 7.01. The lowest BCUT2D eigenvalue weighted by Crippen LogP contribution is -2.28. The SMILES string of the molecule is CCOC(C)c1noc(C(C)(C)CN)n1. The summed E-state index contributed by atoms with van der Waals surface area (Å²) >= 11 is 0. The van der Waals surface area contributed by atoms with Gasteiger partial charge in [0.2, 0.25) is 5.89 Å². The van der Waals surface area contributed by atoms with Crippen molar-refractivity contribution >= 4 is 0 Å². The van der Waals surface area contributed by atoms with E-state index in [1.165, 1.54) is 0 Å².